The van der Waals surface area contributed by atoms with Crippen molar-refractivity contribution in [3.8, 4) is 0 Å². The van der Waals surface area contributed by atoms with Crippen LogP contribution >= 0.6 is 27.5 Å². The van der Waals surface area contributed by atoms with Crippen LogP contribution in [-0.4, -0.2) is 29.3 Å². The minimum absolute atomic E-state index is 0.0646. The fourth-order valence-corrected chi connectivity index (χ4v) is 3.61. The Morgan fingerprint density at radius 3 is 2.81 bits per heavy atom. The Kier molecular flexibility index (Phi) is 4.55. The quantitative estimate of drug-likeness (QED) is 0.809. The van der Waals surface area contributed by atoms with Gasteiger partial charge in [0.15, 0.2) is 0 Å². The van der Waals surface area contributed by atoms with Crippen molar-refractivity contribution in [3.05, 3.63) is 40.1 Å². The van der Waals surface area contributed by atoms with E-state index in [4.69, 9.17) is 16.7 Å². The number of nitrogens with zero attached hydrogens (tertiary/aromatic N) is 2. The fourth-order valence-electron chi connectivity index (χ4n) is 1.54. The van der Waals surface area contributed by atoms with Gasteiger partial charge in [-0.3, -0.25) is 14.2 Å². The highest BCUT2D eigenvalue weighted by Crippen LogP contribution is 2.26. The zero-order valence-corrected chi connectivity index (χ0v) is 13.5. The maximum atomic E-state index is 12.2. The normalized spacial score (nSPS) is 11.3. The lowest BCUT2D eigenvalue weighted by molar-refractivity contribution is -0.137. The van der Waals surface area contributed by atoms with E-state index in [1.54, 1.807) is 6.07 Å². The van der Waals surface area contributed by atoms with Crippen molar-refractivity contribution < 1.29 is 18.3 Å². The van der Waals surface area contributed by atoms with Gasteiger partial charge in [-0.05, 0) is 18.2 Å². The number of sulfonamides is 1. The number of carbonyl (C=O) groups is 1. The third-order valence-electron chi connectivity index (χ3n) is 2.37. The smallest absolute Gasteiger partial charge is 0.325 e. The van der Waals surface area contributed by atoms with Gasteiger partial charge >= 0.3 is 5.97 Å². The van der Waals surface area contributed by atoms with Crippen LogP contribution in [0.2, 0.25) is 5.02 Å². The van der Waals surface area contributed by atoms with E-state index in [0.717, 1.165) is 4.68 Å². The van der Waals surface area contributed by atoms with Crippen molar-refractivity contribution in [1.29, 1.82) is 0 Å². The molecule has 21 heavy (non-hydrogen) atoms. The number of rotatable bonds is 5. The lowest BCUT2D eigenvalue weighted by Gasteiger charge is -2.07. The molecule has 2 rings (SSSR count). The number of hydrogen-bond acceptors (Lipinski definition) is 4. The number of hydrogen-bond donors (Lipinski definition) is 2. The van der Waals surface area contributed by atoms with Crippen LogP contribution in [0.1, 0.15) is 0 Å². The molecule has 0 spiro atoms. The summed E-state index contributed by atoms with van der Waals surface area (Å²) in [5, 5.41) is 12.4. The molecule has 0 aliphatic rings. The highest BCUT2D eigenvalue weighted by atomic mass is 79.9. The highest BCUT2D eigenvalue weighted by molar-refractivity contribution is 9.10. The lowest BCUT2D eigenvalue weighted by Crippen LogP contribution is -2.13. The van der Waals surface area contributed by atoms with Crippen LogP contribution in [0.25, 0.3) is 0 Å². The van der Waals surface area contributed by atoms with Gasteiger partial charge < -0.3 is 5.11 Å². The van der Waals surface area contributed by atoms with Gasteiger partial charge in [0.1, 0.15) is 11.4 Å². The summed E-state index contributed by atoms with van der Waals surface area (Å²) >= 11 is 9.09. The van der Waals surface area contributed by atoms with Gasteiger partial charge in [-0.15, -0.1) is 0 Å². The molecule has 2 aromatic rings. The number of aliphatic carboxylic acids is 1. The standard InChI is InChI=1S/C11H9BrClN3O4S/c12-7-1-2-10(9(13)3-7)21(19,20)15-8-4-14-16(5-8)6-11(17)18/h1-5,15H,6H2,(H,17,18). The Balaban J connectivity index is 2.25. The van der Waals surface area contributed by atoms with Crippen molar-refractivity contribution in [3.63, 3.8) is 0 Å². The van der Waals surface area contributed by atoms with Gasteiger partial charge in [0.25, 0.3) is 10.0 Å². The number of benzene rings is 1. The minimum atomic E-state index is -3.88. The summed E-state index contributed by atoms with van der Waals surface area (Å²) in [6.07, 6.45) is 2.49. The zero-order chi connectivity index (χ0) is 15.6. The summed E-state index contributed by atoms with van der Waals surface area (Å²) in [5.74, 6) is -1.08. The highest BCUT2D eigenvalue weighted by Gasteiger charge is 2.19. The summed E-state index contributed by atoms with van der Waals surface area (Å²) < 4.78 is 28.4. The van der Waals surface area contributed by atoms with Crippen LogP contribution in [0, 0.1) is 0 Å². The molecular weight excluding hydrogens is 386 g/mol. The van der Waals surface area contributed by atoms with E-state index in [-0.39, 0.29) is 22.2 Å². The predicted molar refractivity (Wildman–Crippen MR) is 79.8 cm³/mol. The Morgan fingerprint density at radius 1 is 1.48 bits per heavy atom. The summed E-state index contributed by atoms with van der Waals surface area (Å²) in [6.45, 7) is -0.360. The third kappa shape index (κ3) is 3.96. The molecule has 0 unspecified atom stereocenters. The van der Waals surface area contributed by atoms with E-state index in [1.165, 1.54) is 24.5 Å². The van der Waals surface area contributed by atoms with E-state index in [1.807, 2.05) is 0 Å². The van der Waals surface area contributed by atoms with Crippen LogP contribution in [0.5, 0.6) is 0 Å². The van der Waals surface area contributed by atoms with Gasteiger partial charge in [-0.1, -0.05) is 27.5 Å². The molecule has 0 saturated heterocycles. The largest absolute Gasteiger partial charge is 0.480 e. The fraction of sp³-hybridized carbons (Fsp3) is 0.0909. The maximum absolute atomic E-state index is 12.2. The van der Waals surface area contributed by atoms with Gasteiger partial charge in [-0.25, -0.2) is 8.42 Å². The van der Waals surface area contributed by atoms with Gasteiger partial charge in [0.05, 0.1) is 16.9 Å². The lowest BCUT2D eigenvalue weighted by atomic mass is 10.4. The summed E-state index contributed by atoms with van der Waals surface area (Å²) in [4.78, 5) is 10.5. The van der Waals surface area contributed by atoms with Crippen LogP contribution in [0.15, 0.2) is 40.0 Å². The molecule has 1 heterocycles. The average Bonchev–Trinajstić information content (AvgIpc) is 2.73. The molecule has 0 fully saturated rings. The van der Waals surface area contributed by atoms with Crippen LogP contribution in [-0.2, 0) is 21.4 Å². The summed E-state index contributed by atoms with van der Waals surface area (Å²) in [5.41, 5.74) is 0.148. The predicted octanol–water partition coefficient (Wildman–Crippen LogP) is 2.18. The molecule has 0 radical (unpaired) electrons. The molecule has 112 valence electrons. The Morgan fingerprint density at radius 2 is 2.19 bits per heavy atom. The SMILES string of the molecule is O=C(O)Cn1cc(NS(=O)(=O)c2ccc(Br)cc2Cl)cn1. The van der Waals surface area contributed by atoms with Gasteiger partial charge in [-0.2, -0.15) is 5.10 Å². The molecule has 10 heteroatoms. The maximum Gasteiger partial charge on any atom is 0.325 e. The third-order valence-corrected chi connectivity index (χ3v) is 4.72. The molecular formula is C11H9BrClN3O4S. The molecule has 0 aliphatic carbocycles. The first kappa shape index (κ1) is 15.8. The molecule has 1 aromatic carbocycles. The van der Waals surface area contributed by atoms with Crippen LogP contribution < -0.4 is 4.72 Å². The molecule has 1 aromatic heterocycles. The second kappa shape index (κ2) is 6.04. The molecule has 2 N–H and O–H groups in total. The van der Waals surface area contributed by atoms with Crippen molar-refractivity contribution in [2.75, 3.05) is 4.72 Å². The number of nitrogens with one attached hydrogen (secondary N) is 1. The molecule has 0 amide bonds. The molecule has 7 nitrogen and oxygen atoms in total. The summed E-state index contributed by atoms with van der Waals surface area (Å²) in [7, 11) is -3.88. The first-order valence-corrected chi connectivity index (χ1v) is 8.15. The second-order valence-electron chi connectivity index (χ2n) is 4.00. The Bertz CT molecular complexity index is 791. The Hall–Kier alpha value is -1.58. The first-order chi connectivity index (χ1) is 9.78. The van der Waals surface area contributed by atoms with Crippen LogP contribution in [0.3, 0.4) is 0 Å². The average molecular weight is 395 g/mol. The molecule has 0 saturated carbocycles. The number of aromatic nitrogens is 2. The minimum Gasteiger partial charge on any atom is -0.480 e. The number of halogens is 2. The van der Waals surface area contributed by atoms with E-state index < -0.39 is 16.0 Å². The van der Waals surface area contributed by atoms with E-state index in [9.17, 15) is 13.2 Å². The van der Waals surface area contributed by atoms with E-state index in [0.29, 0.717) is 4.47 Å². The Labute approximate surface area is 133 Å². The zero-order valence-electron chi connectivity index (χ0n) is 10.3. The van der Waals surface area contributed by atoms with Crippen molar-refractivity contribution in [1.82, 2.24) is 9.78 Å². The second-order valence-corrected chi connectivity index (χ2v) is 6.97. The molecule has 0 aliphatic heterocycles. The topological polar surface area (TPSA) is 101 Å². The molecule has 0 bridgehead atoms. The molecule has 0 atom stereocenters. The number of carboxylic acid groups (broad SMARTS) is 1. The monoisotopic (exact) mass is 393 g/mol. The van der Waals surface area contributed by atoms with E-state index >= 15 is 0 Å². The van der Waals surface area contributed by atoms with Gasteiger partial charge in [0.2, 0.25) is 0 Å². The number of anilines is 1. The van der Waals surface area contributed by atoms with E-state index in [2.05, 4.69) is 25.8 Å². The van der Waals surface area contributed by atoms with Crippen LogP contribution in [0.4, 0.5) is 5.69 Å². The first-order valence-electron chi connectivity index (χ1n) is 5.50. The number of carboxylic acids is 1. The van der Waals surface area contributed by atoms with Crippen molar-refractivity contribution in [2.45, 2.75) is 11.4 Å². The summed E-state index contributed by atoms with van der Waals surface area (Å²) in [6, 6.07) is 4.37. The van der Waals surface area contributed by atoms with Crippen molar-refractivity contribution in [2.24, 2.45) is 0 Å². The van der Waals surface area contributed by atoms with Crippen molar-refractivity contribution >= 4 is 49.2 Å². The van der Waals surface area contributed by atoms with Gasteiger partial charge in [0, 0.05) is 10.7 Å².